The highest BCUT2D eigenvalue weighted by atomic mass is 32.2. The molecule has 0 radical (unpaired) electrons. The Morgan fingerprint density at radius 3 is 2.30 bits per heavy atom. The summed E-state index contributed by atoms with van der Waals surface area (Å²) in [6, 6.07) is 19.0. The molecular weight excluding hydrogens is 358 g/mol. The lowest BCUT2D eigenvalue weighted by molar-refractivity contribution is -0.116. The normalized spacial score (nSPS) is 11.8. The van der Waals surface area contributed by atoms with Crippen molar-refractivity contribution in [2.45, 2.75) is 30.5 Å². The fourth-order valence-corrected chi connectivity index (χ4v) is 3.57. The molecule has 0 aliphatic carbocycles. The Labute approximate surface area is 162 Å². The van der Waals surface area contributed by atoms with Crippen LogP contribution in [0.2, 0.25) is 0 Å². The van der Waals surface area contributed by atoms with E-state index in [0.717, 1.165) is 15.9 Å². The SMILES string of the molecule is CCC(Sc1ccc2ccccc2n1)C(=O)Nc1ccc(NC(C)=O)cc1. The van der Waals surface area contributed by atoms with Gasteiger partial charge < -0.3 is 10.6 Å². The highest BCUT2D eigenvalue weighted by Gasteiger charge is 2.19. The van der Waals surface area contributed by atoms with Crippen LogP contribution < -0.4 is 10.6 Å². The Hall–Kier alpha value is -2.86. The van der Waals surface area contributed by atoms with E-state index in [1.165, 1.54) is 18.7 Å². The topological polar surface area (TPSA) is 71.1 Å². The van der Waals surface area contributed by atoms with Crippen LogP contribution in [0.1, 0.15) is 20.3 Å². The van der Waals surface area contributed by atoms with Crippen molar-refractivity contribution < 1.29 is 9.59 Å². The number of fused-ring (bicyclic) bond motifs is 1. The summed E-state index contributed by atoms with van der Waals surface area (Å²) in [5, 5.41) is 7.30. The van der Waals surface area contributed by atoms with Crippen LogP contribution in [0.25, 0.3) is 10.9 Å². The van der Waals surface area contributed by atoms with E-state index >= 15 is 0 Å². The first kappa shape index (κ1) is 18.9. The molecular formula is C21H21N3O2S. The van der Waals surface area contributed by atoms with Crippen molar-refractivity contribution in [1.82, 2.24) is 4.98 Å². The monoisotopic (exact) mass is 379 g/mol. The second kappa shape index (κ2) is 8.68. The lowest BCUT2D eigenvalue weighted by Gasteiger charge is -2.15. The zero-order valence-electron chi connectivity index (χ0n) is 15.2. The van der Waals surface area contributed by atoms with E-state index in [1.54, 1.807) is 24.3 Å². The number of benzene rings is 2. The molecule has 1 unspecified atom stereocenters. The number of pyridine rings is 1. The van der Waals surface area contributed by atoms with Gasteiger partial charge in [0.15, 0.2) is 0 Å². The maximum absolute atomic E-state index is 12.6. The molecule has 0 spiro atoms. The summed E-state index contributed by atoms with van der Waals surface area (Å²) in [5.41, 5.74) is 2.31. The van der Waals surface area contributed by atoms with Gasteiger partial charge in [-0.2, -0.15) is 0 Å². The first-order valence-corrected chi connectivity index (χ1v) is 9.64. The number of aromatic nitrogens is 1. The number of carbonyl (C=O) groups is 2. The predicted octanol–water partition coefficient (Wildman–Crippen LogP) is 4.70. The molecule has 2 N–H and O–H groups in total. The summed E-state index contributed by atoms with van der Waals surface area (Å²) in [7, 11) is 0. The molecule has 27 heavy (non-hydrogen) atoms. The molecule has 138 valence electrons. The number of nitrogens with zero attached hydrogens (tertiary/aromatic N) is 1. The number of anilines is 2. The lowest BCUT2D eigenvalue weighted by Crippen LogP contribution is -2.24. The van der Waals surface area contributed by atoms with Gasteiger partial charge in [0.2, 0.25) is 11.8 Å². The smallest absolute Gasteiger partial charge is 0.237 e. The Morgan fingerprint density at radius 2 is 1.63 bits per heavy atom. The second-order valence-electron chi connectivity index (χ2n) is 6.10. The molecule has 3 rings (SSSR count). The average Bonchev–Trinajstić information content (AvgIpc) is 2.67. The highest BCUT2D eigenvalue weighted by Crippen LogP contribution is 2.27. The van der Waals surface area contributed by atoms with Crippen molar-refractivity contribution in [2.24, 2.45) is 0 Å². The van der Waals surface area contributed by atoms with Gasteiger partial charge in [-0.15, -0.1) is 0 Å². The highest BCUT2D eigenvalue weighted by molar-refractivity contribution is 8.00. The molecule has 0 aliphatic heterocycles. The van der Waals surface area contributed by atoms with Gasteiger partial charge in [-0.1, -0.05) is 43.0 Å². The number of hydrogen-bond acceptors (Lipinski definition) is 4. The van der Waals surface area contributed by atoms with E-state index in [1.807, 2.05) is 43.3 Å². The van der Waals surface area contributed by atoms with Crippen molar-refractivity contribution in [3.8, 4) is 0 Å². The summed E-state index contributed by atoms with van der Waals surface area (Å²) in [4.78, 5) is 28.3. The van der Waals surface area contributed by atoms with Gasteiger partial charge in [-0.3, -0.25) is 9.59 Å². The summed E-state index contributed by atoms with van der Waals surface area (Å²) in [6.07, 6.45) is 0.689. The van der Waals surface area contributed by atoms with Gasteiger partial charge >= 0.3 is 0 Å². The van der Waals surface area contributed by atoms with Gasteiger partial charge in [0, 0.05) is 23.7 Å². The third-order valence-corrected chi connectivity index (χ3v) is 5.27. The molecule has 0 saturated carbocycles. The third-order valence-electron chi connectivity index (χ3n) is 3.97. The van der Waals surface area contributed by atoms with E-state index < -0.39 is 0 Å². The minimum atomic E-state index is -0.242. The van der Waals surface area contributed by atoms with Crippen LogP contribution in [-0.4, -0.2) is 22.0 Å². The fraction of sp³-hybridized carbons (Fsp3) is 0.190. The van der Waals surface area contributed by atoms with E-state index in [2.05, 4.69) is 15.6 Å². The van der Waals surface area contributed by atoms with Crippen LogP contribution in [0.5, 0.6) is 0 Å². The molecule has 1 aromatic heterocycles. The zero-order valence-corrected chi connectivity index (χ0v) is 16.0. The number of hydrogen-bond donors (Lipinski definition) is 2. The van der Waals surface area contributed by atoms with Crippen LogP contribution in [0, 0.1) is 0 Å². The largest absolute Gasteiger partial charge is 0.326 e. The molecule has 1 atom stereocenters. The maximum Gasteiger partial charge on any atom is 0.237 e. The summed E-state index contributed by atoms with van der Waals surface area (Å²) in [6.45, 7) is 3.44. The number of para-hydroxylation sites is 1. The predicted molar refractivity (Wildman–Crippen MR) is 111 cm³/mol. The molecule has 0 bridgehead atoms. The van der Waals surface area contributed by atoms with Crippen LogP contribution >= 0.6 is 11.8 Å². The van der Waals surface area contributed by atoms with Gasteiger partial charge in [0.05, 0.1) is 15.8 Å². The van der Waals surface area contributed by atoms with Crippen LogP contribution in [0.3, 0.4) is 0 Å². The van der Waals surface area contributed by atoms with Crippen molar-refractivity contribution in [1.29, 1.82) is 0 Å². The lowest BCUT2D eigenvalue weighted by atomic mass is 10.2. The van der Waals surface area contributed by atoms with E-state index in [9.17, 15) is 9.59 Å². The third kappa shape index (κ3) is 5.08. The van der Waals surface area contributed by atoms with Gasteiger partial charge in [0.1, 0.15) is 0 Å². The number of amides is 2. The van der Waals surface area contributed by atoms with Gasteiger partial charge in [-0.25, -0.2) is 4.98 Å². The first-order valence-electron chi connectivity index (χ1n) is 8.76. The Balaban J connectivity index is 1.67. The zero-order chi connectivity index (χ0) is 19.2. The van der Waals surface area contributed by atoms with Crippen LogP contribution in [0.4, 0.5) is 11.4 Å². The van der Waals surface area contributed by atoms with Crippen molar-refractivity contribution >= 4 is 45.9 Å². The van der Waals surface area contributed by atoms with E-state index in [0.29, 0.717) is 17.8 Å². The molecule has 1 heterocycles. The minimum Gasteiger partial charge on any atom is -0.326 e. The second-order valence-corrected chi connectivity index (χ2v) is 7.33. The minimum absolute atomic E-state index is 0.0651. The first-order chi connectivity index (χ1) is 13.0. The number of carbonyl (C=O) groups excluding carboxylic acids is 2. The maximum atomic E-state index is 12.6. The summed E-state index contributed by atoms with van der Waals surface area (Å²) < 4.78 is 0. The fourth-order valence-electron chi connectivity index (χ4n) is 2.64. The van der Waals surface area contributed by atoms with Gasteiger partial charge in [-0.05, 0) is 42.8 Å². The molecule has 6 heteroatoms. The van der Waals surface area contributed by atoms with Crippen LogP contribution in [-0.2, 0) is 9.59 Å². The standard InChI is InChI=1S/C21H21N3O2S/c1-3-19(27-20-13-8-15-6-4-5-7-18(15)24-20)21(26)23-17-11-9-16(10-12-17)22-14(2)25/h4-13,19H,3H2,1-2H3,(H,22,25)(H,23,26). The number of nitrogens with one attached hydrogen (secondary N) is 2. The molecule has 3 aromatic rings. The van der Waals surface area contributed by atoms with Crippen molar-refractivity contribution in [3.63, 3.8) is 0 Å². The Kier molecular flexibility index (Phi) is 6.08. The molecule has 5 nitrogen and oxygen atoms in total. The molecule has 0 saturated heterocycles. The number of thioether (sulfide) groups is 1. The summed E-state index contributed by atoms with van der Waals surface area (Å²) >= 11 is 1.46. The number of rotatable bonds is 6. The molecule has 0 aliphatic rings. The van der Waals surface area contributed by atoms with E-state index in [4.69, 9.17) is 0 Å². The molecule has 2 amide bonds. The Bertz CT molecular complexity index is 957. The molecule has 2 aromatic carbocycles. The van der Waals surface area contributed by atoms with Crippen molar-refractivity contribution in [2.75, 3.05) is 10.6 Å². The van der Waals surface area contributed by atoms with E-state index in [-0.39, 0.29) is 17.1 Å². The quantitative estimate of drug-likeness (QED) is 0.609. The van der Waals surface area contributed by atoms with Gasteiger partial charge in [0.25, 0.3) is 0 Å². The molecule has 0 fully saturated rings. The van der Waals surface area contributed by atoms with Crippen LogP contribution in [0.15, 0.2) is 65.7 Å². The average molecular weight is 379 g/mol. The summed E-state index contributed by atoms with van der Waals surface area (Å²) in [5.74, 6) is -0.193. The Morgan fingerprint density at radius 1 is 0.963 bits per heavy atom. The van der Waals surface area contributed by atoms with Crippen molar-refractivity contribution in [3.05, 3.63) is 60.7 Å².